The van der Waals surface area contributed by atoms with E-state index in [0.29, 0.717) is 17.7 Å². The van der Waals surface area contributed by atoms with Gasteiger partial charge in [0.25, 0.3) is 0 Å². The highest BCUT2D eigenvalue weighted by molar-refractivity contribution is 7.90. The van der Waals surface area contributed by atoms with Crippen LogP contribution < -0.4 is 0 Å². The number of sulfone groups is 1. The van der Waals surface area contributed by atoms with E-state index in [1.807, 2.05) is 0 Å². The SMILES string of the molecule is CCCN1C[C@H](CS(C)(=O)=O)CC2c3cccc4[nH]cc(c34)C[C@H]21. The minimum Gasteiger partial charge on any atom is -0.361 e. The zero-order valence-corrected chi connectivity index (χ0v) is 15.3. The van der Waals surface area contributed by atoms with Crippen LogP contribution in [0.15, 0.2) is 24.4 Å². The third-order valence-electron chi connectivity index (χ3n) is 5.71. The average Bonchev–Trinajstić information content (AvgIpc) is 2.92. The van der Waals surface area contributed by atoms with Crippen LogP contribution >= 0.6 is 0 Å². The van der Waals surface area contributed by atoms with Crippen LogP contribution in [-0.4, -0.2) is 49.4 Å². The quantitative estimate of drug-likeness (QED) is 0.926. The largest absolute Gasteiger partial charge is 0.361 e. The maximum absolute atomic E-state index is 11.8. The molecular formula is C19H26N2O2S. The molecule has 1 unspecified atom stereocenters. The van der Waals surface area contributed by atoms with Gasteiger partial charge in [0, 0.05) is 41.9 Å². The highest BCUT2D eigenvalue weighted by Gasteiger charge is 2.41. The summed E-state index contributed by atoms with van der Waals surface area (Å²) in [6.07, 6.45) is 6.71. The molecule has 1 aromatic heterocycles. The highest BCUT2D eigenvalue weighted by atomic mass is 32.2. The number of likely N-dealkylation sites (tertiary alicyclic amines) is 1. The van der Waals surface area contributed by atoms with Gasteiger partial charge in [-0.2, -0.15) is 0 Å². The third-order valence-corrected chi connectivity index (χ3v) is 6.79. The van der Waals surface area contributed by atoms with Crippen LogP contribution in [0.3, 0.4) is 0 Å². The standard InChI is InChI=1S/C19H26N2O2S/c1-3-7-21-11-13(12-24(2,22)23)8-16-15-5-4-6-17-19(15)14(10-20-17)9-18(16)21/h4-6,10,13,16,18,20H,3,7-9,11-12H2,1-2H3/t13-,16?,18-/m1/s1. The summed E-state index contributed by atoms with van der Waals surface area (Å²) in [5, 5.41) is 1.38. The molecule has 2 aromatic rings. The molecule has 0 spiro atoms. The molecule has 3 atom stereocenters. The molecule has 4 rings (SSSR count). The van der Waals surface area contributed by atoms with Crippen LogP contribution in [0.1, 0.15) is 36.8 Å². The van der Waals surface area contributed by atoms with E-state index in [1.165, 1.54) is 28.3 Å². The van der Waals surface area contributed by atoms with E-state index < -0.39 is 9.84 Å². The van der Waals surface area contributed by atoms with Gasteiger partial charge in [-0.25, -0.2) is 8.42 Å². The molecule has 1 aliphatic heterocycles. The molecule has 1 aromatic carbocycles. The summed E-state index contributed by atoms with van der Waals surface area (Å²) in [6.45, 7) is 4.18. The van der Waals surface area contributed by atoms with Crippen molar-refractivity contribution in [2.24, 2.45) is 5.92 Å². The van der Waals surface area contributed by atoms with Crippen molar-refractivity contribution in [2.45, 2.75) is 38.1 Å². The fourth-order valence-electron chi connectivity index (χ4n) is 4.99. The van der Waals surface area contributed by atoms with E-state index in [2.05, 4.69) is 41.2 Å². The lowest BCUT2D eigenvalue weighted by Crippen LogP contribution is -2.51. The normalized spacial score (nSPS) is 27.3. The van der Waals surface area contributed by atoms with Crippen LogP contribution in [0.25, 0.3) is 10.9 Å². The van der Waals surface area contributed by atoms with Gasteiger partial charge in [0.1, 0.15) is 9.84 Å². The molecule has 130 valence electrons. The fraction of sp³-hybridized carbons (Fsp3) is 0.579. The lowest BCUT2D eigenvalue weighted by atomic mass is 9.72. The van der Waals surface area contributed by atoms with Gasteiger partial charge >= 0.3 is 0 Å². The number of aromatic amines is 1. The number of nitrogens with zero attached hydrogens (tertiary/aromatic N) is 1. The first-order valence-corrected chi connectivity index (χ1v) is 11.0. The number of fused-ring (bicyclic) bond motifs is 2. The molecule has 24 heavy (non-hydrogen) atoms. The van der Waals surface area contributed by atoms with Crippen molar-refractivity contribution in [2.75, 3.05) is 25.1 Å². The predicted molar refractivity (Wildman–Crippen MR) is 98.2 cm³/mol. The Kier molecular flexibility index (Phi) is 3.96. The zero-order valence-electron chi connectivity index (χ0n) is 14.5. The number of hydrogen-bond acceptors (Lipinski definition) is 3. The van der Waals surface area contributed by atoms with Gasteiger partial charge < -0.3 is 4.98 Å². The summed E-state index contributed by atoms with van der Waals surface area (Å²) in [5.41, 5.74) is 4.05. The van der Waals surface area contributed by atoms with E-state index in [4.69, 9.17) is 0 Å². The Balaban J connectivity index is 1.74. The Morgan fingerprint density at radius 1 is 1.33 bits per heavy atom. The number of hydrogen-bond donors (Lipinski definition) is 1. The van der Waals surface area contributed by atoms with Crippen LogP contribution in [0.4, 0.5) is 0 Å². The van der Waals surface area contributed by atoms with E-state index in [9.17, 15) is 8.42 Å². The van der Waals surface area contributed by atoms with Gasteiger partial charge in [-0.15, -0.1) is 0 Å². The molecule has 0 bridgehead atoms. The summed E-state index contributed by atoms with van der Waals surface area (Å²) in [7, 11) is -2.93. The molecule has 1 aliphatic carbocycles. The van der Waals surface area contributed by atoms with E-state index in [-0.39, 0.29) is 5.92 Å². The lowest BCUT2D eigenvalue weighted by Gasteiger charge is -2.47. The topological polar surface area (TPSA) is 53.2 Å². The predicted octanol–water partition coefficient (Wildman–Crippen LogP) is 2.95. The van der Waals surface area contributed by atoms with Gasteiger partial charge in [-0.1, -0.05) is 19.1 Å². The molecule has 0 saturated carbocycles. The van der Waals surface area contributed by atoms with E-state index >= 15 is 0 Å². The summed E-state index contributed by atoms with van der Waals surface area (Å²) in [6, 6.07) is 7.03. The van der Waals surface area contributed by atoms with Crippen molar-refractivity contribution >= 4 is 20.7 Å². The van der Waals surface area contributed by atoms with Crippen LogP contribution in [-0.2, 0) is 16.3 Å². The maximum Gasteiger partial charge on any atom is 0.147 e. The molecule has 1 saturated heterocycles. The summed E-state index contributed by atoms with van der Waals surface area (Å²) >= 11 is 0. The second-order valence-electron chi connectivity index (χ2n) is 7.65. The van der Waals surface area contributed by atoms with Crippen LogP contribution in [0, 0.1) is 5.92 Å². The number of rotatable bonds is 4. The lowest BCUT2D eigenvalue weighted by molar-refractivity contribution is 0.0920. The molecule has 1 N–H and O–H groups in total. The molecular weight excluding hydrogens is 320 g/mol. The van der Waals surface area contributed by atoms with Gasteiger partial charge in [-0.05, 0) is 48.9 Å². The molecule has 0 amide bonds. The number of aromatic nitrogens is 1. The molecule has 5 heteroatoms. The first-order valence-electron chi connectivity index (χ1n) is 8.97. The monoisotopic (exact) mass is 346 g/mol. The van der Waals surface area contributed by atoms with Crippen molar-refractivity contribution in [3.05, 3.63) is 35.5 Å². The highest BCUT2D eigenvalue weighted by Crippen LogP contribution is 2.44. The fourth-order valence-corrected chi connectivity index (χ4v) is 6.09. The van der Waals surface area contributed by atoms with Gasteiger partial charge in [0.15, 0.2) is 0 Å². The minimum atomic E-state index is -2.93. The Morgan fingerprint density at radius 2 is 2.17 bits per heavy atom. The number of benzene rings is 1. The Bertz CT molecular complexity index is 855. The van der Waals surface area contributed by atoms with Crippen LogP contribution in [0.2, 0.25) is 0 Å². The summed E-state index contributed by atoms with van der Waals surface area (Å²) < 4.78 is 23.7. The van der Waals surface area contributed by atoms with Gasteiger partial charge in [0.05, 0.1) is 5.75 Å². The first kappa shape index (κ1) is 16.2. The van der Waals surface area contributed by atoms with Gasteiger partial charge in [0.2, 0.25) is 0 Å². The van der Waals surface area contributed by atoms with E-state index in [0.717, 1.165) is 32.4 Å². The molecule has 2 aliphatic rings. The van der Waals surface area contributed by atoms with Crippen LogP contribution in [0.5, 0.6) is 0 Å². The smallest absolute Gasteiger partial charge is 0.147 e. The molecule has 0 radical (unpaired) electrons. The second kappa shape index (κ2) is 5.88. The molecule has 1 fully saturated rings. The summed E-state index contributed by atoms with van der Waals surface area (Å²) in [5.74, 6) is 1.000. The van der Waals surface area contributed by atoms with E-state index in [1.54, 1.807) is 0 Å². The molecule has 2 heterocycles. The number of piperidine rings is 1. The summed E-state index contributed by atoms with van der Waals surface area (Å²) in [4.78, 5) is 5.97. The van der Waals surface area contributed by atoms with Crippen molar-refractivity contribution in [1.29, 1.82) is 0 Å². The number of nitrogens with one attached hydrogen (secondary N) is 1. The minimum absolute atomic E-state index is 0.239. The third kappa shape index (κ3) is 2.78. The maximum atomic E-state index is 11.8. The van der Waals surface area contributed by atoms with Crippen molar-refractivity contribution < 1.29 is 8.42 Å². The Hall–Kier alpha value is -1.33. The second-order valence-corrected chi connectivity index (χ2v) is 9.84. The molecule has 4 nitrogen and oxygen atoms in total. The zero-order chi connectivity index (χ0) is 16.9. The number of H-pyrrole nitrogens is 1. The average molecular weight is 346 g/mol. The first-order chi connectivity index (χ1) is 11.5. The van der Waals surface area contributed by atoms with Crippen molar-refractivity contribution in [3.8, 4) is 0 Å². The Labute approximate surface area is 144 Å². The van der Waals surface area contributed by atoms with Crippen molar-refractivity contribution in [3.63, 3.8) is 0 Å². The Morgan fingerprint density at radius 3 is 2.92 bits per heavy atom. The van der Waals surface area contributed by atoms with Gasteiger partial charge in [-0.3, -0.25) is 4.90 Å². The van der Waals surface area contributed by atoms with Crippen molar-refractivity contribution in [1.82, 2.24) is 9.88 Å².